The summed E-state index contributed by atoms with van der Waals surface area (Å²) in [6.45, 7) is 1.43. The van der Waals surface area contributed by atoms with Crippen molar-refractivity contribution in [3.05, 3.63) is 29.8 Å². The number of carbonyl (C=O) groups is 2. The minimum Gasteiger partial charge on any atom is -0.481 e. The number of rotatable bonds is 5. The van der Waals surface area contributed by atoms with Gasteiger partial charge in [-0.1, -0.05) is 19.3 Å². The topological polar surface area (TPSA) is 75.6 Å². The zero-order chi connectivity index (χ0) is 17.0. The van der Waals surface area contributed by atoms with Crippen molar-refractivity contribution in [2.45, 2.75) is 50.7 Å². The van der Waals surface area contributed by atoms with E-state index in [2.05, 4.69) is 5.32 Å². The summed E-state index contributed by atoms with van der Waals surface area (Å²) in [5.74, 6) is -3.75. The number of hydrogen-bond donors (Lipinski definition) is 2. The van der Waals surface area contributed by atoms with Crippen LogP contribution in [0.4, 0.5) is 8.78 Å². The maximum atomic E-state index is 13.1. The van der Waals surface area contributed by atoms with E-state index >= 15 is 0 Å². The van der Waals surface area contributed by atoms with E-state index in [1.165, 1.54) is 13.0 Å². The summed E-state index contributed by atoms with van der Waals surface area (Å²) >= 11 is 0. The number of carbonyl (C=O) groups excluding carboxylic acids is 1. The predicted octanol–water partition coefficient (Wildman–Crippen LogP) is 2.64. The zero-order valence-electron chi connectivity index (χ0n) is 12.8. The molecule has 126 valence electrons. The van der Waals surface area contributed by atoms with Crippen LogP contribution in [0.3, 0.4) is 0 Å². The lowest BCUT2D eigenvalue weighted by molar-refractivity contribution is -0.150. The third-order valence-corrected chi connectivity index (χ3v) is 4.05. The van der Waals surface area contributed by atoms with Crippen molar-refractivity contribution in [2.24, 2.45) is 0 Å². The highest BCUT2D eigenvalue weighted by Gasteiger charge is 2.41. The molecule has 0 spiro atoms. The lowest BCUT2D eigenvalue weighted by Crippen LogP contribution is -2.58. The average Bonchev–Trinajstić information content (AvgIpc) is 2.51. The quantitative estimate of drug-likeness (QED) is 0.872. The molecule has 1 aliphatic rings. The molecule has 0 aromatic heterocycles. The van der Waals surface area contributed by atoms with E-state index in [0.717, 1.165) is 31.4 Å². The SMILES string of the molecule is CC(Oc1ccc(F)c(F)c1)C(=O)NC1(C(=O)O)CCCCC1. The van der Waals surface area contributed by atoms with Crippen molar-refractivity contribution >= 4 is 11.9 Å². The standard InChI is InChI=1S/C16H19F2NO4/c1-10(23-11-5-6-12(17)13(18)9-11)14(20)19-16(15(21)22)7-3-2-4-8-16/h5-6,9-10H,2-4,7-8H2,1H3,(H,19,20)(H,21,22). The molecule has 1 aliphatic carbocycles. The van der Waals surface area contributed by atoms with Gasteiger partial charge in [0.05, 0.1) is 0 Å². The van der Waals surface area contributed by atoms with Crippen LogP contribution in [0.25, 0.3) is 0 Å². The van der Waals surface area contributed by atoms with Crippen LogP contribution in [0.2, 0.25) is 0 Å². The average molecular weight is 327 g/mol. The highest BCUT2D eigenvalue weighted by Crippen LogP contribution is 2.28. The summed E-state index contributed by atoms with van der Waals surface area (Å²) in [5.41, 5.74) is -1.28. The number of nitrogens with one attached hydrogen (secondary N) is 1. The van der Waals surface area contributed by atoms with Crippen molar-refractivity contribution < 1.29 is 28.2 Å². The Kier molecular flexibility index (Phi) is 5.18. The van der Waals surface area contributed by atoms with Gasteiger partial charge in [0.1, 0.15) is 11.3 Å². The fourth-order valence-electron chi connectivity index (χ4n) is 2.69. The molecule has 1 saturated carbocycles. The normalized spacial score (nSPS) is 18.0. The molecule has 5 nitrogen and oxygen atoms in total. The van der Waals surface area contributed by atoms with Gasteiger partial charge in [0.2, 0.25) is 0 Å². The van der Waals surface area contributed by atoms with Gasteiger partial charge < -0.3 is 15.2 Å². The van der Waals surface area contributed by atoms with Crippen LogP contribution in [0.15, 0.2) is 18.2 Å². The van der Waals surface area contributed by atoms with E-state index < -0.39 is 35.2 Å². The molecule has 7 heteroatoms. The van der Waals surface area contributed by atoms with Gasteiger partial charge in [0.25, 0.3) is 5.91 Å². The molecular weight excluding hydrogens is 308 g/mol. The number of hydrogen-bond acceptors (Lipinski definition) is 3. The maximum Gasteiger partial charge on any atom is 0.329 e. The molecule has 1 atom stereocenters. The lowest BCUT2D eigenvalue weighted by Gasteiger charge is -2.34. The van der Waals surface area contributed by atoms with Gasteiger partial charge in [0, 0.05) is 6.07 Å². The molecule has 1 amide bonds. The Morgan fingerprint density at radius 3 is 2.43 bits per heavy atom. The first-order valence-electron chi connectivity index (χ1n) is 7.51. The highest BCUT2D eigenvalue weighted by atomic mass is 19.2. The molecular formula is C16H19F2NO4. The second-order valence-corrected chi connectivity index (χ2v) is 5.77. The van der Waals surface area contributed by atoms with Crippen molar-refractivity contribution in [3.63, 3.8) is 0 Å². The Balaban J connectivity index is 2.03. The minimum absolute atomic E-state index is 0.000399. The summed E-state index contributed by atoms with van der Waals surface area (Å²) < 4.78 is 31.3. The second-order valence-electron chi connectivity index (χ2n) is 5.77. The molecule has 1 aromatic rings. The monoisotopic (exact) mass is 327 g/mol. The molecule has 0 aliphatic heterocycles. The first-order chi connectivity index (χ1) is 10.8. The van der Waals surface area contributed by atoms with Gasteiger partial charge in [-0.25, -0.2) is 13.6 Å². The van der Waals surface area contributed by atoms with E-state index in [9.17, 15) is 23.5 Å². The first-order valence-corrected chi connectivity index (χ1v) is 7.51. The Morgan fingerprint density at radius 1 is 1.22 bits per heavy atom. The second kappa shape index (κ2) is 6.93. The van der Waals surface area contributed by atoms with Crippen molar-refractivity contribution in [2.75, 3.05) is 0 Å². The van der Waals surface area contributed by atoms with E-state index in [1.54, 1.807) is 0 Å². The molecule has 23 heavy (non-hydrogen) atoms. The summed E-state index contributed by atoms with van der Waals surface area (Å²) in [5, 5.41) is 12.0. The molecule has 0 heterocycles. The van der Waals surface area contributed by atoms with Gasteiger partial charge in [-0.3, -0.25) is 4.79 Å². The van der Waals surface area contributed by atoms with Crippen LogP contribution in [-0.4, -0.2) is 28.6 Å². The number of carboxylic acids is 1. The maximum absolute atomic E-state index is 13.1. The Bertz CT molecular complexity index is 600. The first kappa shape index (κ1) is 17.2. The Morgan fingerprint density at radius 2 is 1.87 bits per heavy atom. The van der Waals surface area contributed by atoms with Crippen LogP contribution in [-0.2, 0) is 9.59 Å². The van der Waals surface area contributed by atoms with Gasteiger partial charge in [-0.05, 0) is 31.9 Å². The van der Waals surface area contributed by atoms with E-state index in [0.29, 0.717) is 12.8 Å². The fourth-order valence-corrected chi connectivity index (χ4v) is 2.69. The van der Waals surface area contributed by atoms with Crippen LogP contribution in [0, 0.1) is 11.6 Å². The molecule has 2 N–H and O–H groups in total. The van der Waals surface area contributed by atoms with E-state index in [-0.39, 0.29) is 5.75 Å². The third-order valence-electron chi connectivity index (χ3n) is 4.05. The molecule has 2 rings (SSSR count). The van der Waals surface area contributed by atoms with Gasteiger partial charge in [0.15, 0.2) is 17.7 Å². The van der Waals surface area contributed by atoms with Crippen molar-refractivity contribution in [3.8, 4) is 5.75 Å². The zero-order valence-corrected chi connectivity index (χ0v) is 12.8. The Hall–Kier alpha value is -2.18. The van der Waals surface area contributed by atoms with Gasteiger partial charge in [-0.2, -0.15) is 0 Å². The smallest absolute Gasteiger partial charge is 0.329 e. The Labute approximate surface area is 132 Å². The summed E-state index contributed by atoms with van der Waals surface area (Å²) in [4.78, 5) is 23.7. The van der Waals surface area contributed by atoms with Crippen LogP contribution in [0.1, 0.15) is 39.0 Å². The largest absolute Gasteiger partial charge is 0.481 e. The number of aliphatic carboxylic acids is 1. The molecule has 1 unspecified atom stereocenters. The van der Waals surface area contributed by atoms with Crippen molar-refractivity contribution in [1.82, 2.24) is 5.32 Å². The highest BCUT2D eigenvalue weighted by molar-refractivity contribution is 5.89. The van der Waals surface area contributed by atoms with E-state index in [4.69, 9.17) is 4.74 Å². The molecule has 1 fully saturated rings. The van der Waals surface area contributed by atoms with Crippen LogP contribution < -0.4 is 10.1 Å². The molecule has 1 aromatic carbocycles. The molecule has 0 radical (unpaired) electrons. The molecule has 0 saturated heterocycles. The molecule has 0 bridgehead atoms. The lowest BCUT2D eigenvalue weighted by atomic mass is 9.81. The number of carboxylic acid groups (broad SMARTS) is 1. The fraction of sp³-hybridized carbons (Fsp3) is 0.500. The summed E-state index contributed by atoms with van der Waals surface area (Å²) in [6.07, 6.45) is 2.10. The van der Waals surface area contributed by atoms with Crippen molar-refractivity contribution in [1.29, 1.82) is 0 Å². The number of benzene rings is 1. The third kappa shape index (κ3) is 3.97. The summed E-state index contributed by atoms with van der Waals surface area (Å²) in [7, 11) is 0. The van der Waals surface area contributed by atoms with Crippen LogP contribution in [0.5, 0.6) is 5.75 Å². The van der Waals surface area contributed by atoms with Crippen LogP contribution >= 0.6 is 0 Å². The predicted molar refractivity (Wildman–Crippen MR) is 78.0 cm³/mol. The minimum atomic E-state index is -1.28. The number of halogens is 2. The van der Waals surface area contributed by atoms with Gasteiger partial charge in [-0.15, -0.1) is 0 Å². The number of ether oxygens (including phenoxy) is 1. The number of amides is 1. The summed E-state index contributed by atoms with van der Waals surface area (Å²) in [6, 6.07) is 2.94. The van der Waals surface area contributed by atoms with Gasteiger partial charge >= 0.3 is 5.97 Å². The van der Waals surface area contributed by atoms with E-state index in [1.807, 2.05) is 0 Å².